The molecule has 96 valence electrons. The van der Waals surface area contributed by atoms with Gasteiger partial charge < -0.3 is 15.4 Å². The second-order valence-electron chi connectivity index (χ2n) is 4.94. The summed E-state index contributed by atoms with van der Waals surface area (Å²) in [6, 6.07) is 6.28. The first-order valence-corrected chi connectivity index (χ1v) is 7.23. The first-order valence-electron chi connectivity index (χ1n) is 6.44. The van der Waals surface area contributed by atoms with E-state index in [2.05, 4.69) is 32.3 Å². The van der Waals surface area contributed by atoms with Gasteiger partial charge in [-0.25, -0.2) is 0 Å². The van der Waals surface area contributed by atoms with Crippen LogP contribution in [0.15, 0.2) is 28.9 Å². The van der Waals surface area contributed by atoms with Crippen LogP contribution in [0.4, 0.5) is 0 Å². The lowest BCUT2D eigenvalue weighted by atomic mass is 9.95. The fourth-order valence-corrected chi connectivity index (χ4v) is 3.09. The Hall–Kier alpha value is -0.840. The number of halogens is 1. The highest BCUT2D eigenvalue weighted by atomic mass is 79.9. The van der Waals surface area contributed by atoms with Crippen LogP contribution in [-0.4, -0.2) is 22.7 Å². The predicted molar refractivity (Wildman–Crippen MR) is 76.6 cm³/mol. The summed E-state index contributed by atoms with van der Waals surface area (Å²) in [6.45, 7) is 1.01. The Balaban J connectivity index is 1.95. The van der Waals surface area contributed by atoms with Crippen molar-refractivity contribution < 1.29 is 5.11 Å². The van der Waals surface area contributed by atoms with Crippen molar-refractivity contribution in [1.82, 2.24) is 10.3 Å². The minimum Gasteiger partial charge on any atom is -0.387 e. The predicted octanol–water partition coefficient (Wildman–Crippen LogP) is 3.11. The molecule has 1 saturated heterocycles. The van der Waals surface area contributed by atoms with Gasteiger partial charge in [-0.05, 0) is 37.6 Å². The Morgan fingerprint density at radius 3 is 3.00 bits per heavy atom. The Morgan fingerprint density at radius 2 is 2.22 bits per heavy atom. The quantitative estimate of drug-likeness (QED) is 0.798. The molecular weight excluding hydrogens is 292 g/mol. The highest BCUT2D eigenvalue weighted by molar-refractivity contribution is 9.10. The van der Waals surface area contributed by atoms with Crippen molar-refractivity contribution in [2.75, 3.05) is 6.54 Å². The van der Waals surface area contributed by atoms with E-state index in [1.807, 2.05) is 18.3 Å². The van der Waals surface area contributed by atoms with Gasteiger partial charge in [0.2, 0.25) is 0 Å². The zero-order chi connectivity index (χ0) is 12.5. The molecular formula is C14H17BrN2O. The molecule has 0 amide bonds. The molecule has 4 heteroatoms. The standard InChI is InChI=1S/C14H17BrN2O/c15-9-4-5-12-10(7-9)11(8-17-12)14(18)13-3-1-2-6-16-13/h4-5,7-8,13-14,16-18H,1-3,6H2. The fourth-order valence-electron chi connectivity index (χ4n) is 2.72. The maximum absolute atomic E-state index is 10.5. The average molecular weight is 309 g/mol. The summed E-state index contributed by atoms with van der Waals surface area (Å²) in [5, 5.41) is 15.0. The van der Waals surface area contributed by atoms with E-state index in [9.17, 15) is 5.11 Å². The van der Waals surface area contributed by atoms with Gasteiger partial charge in [-0.3, -0.25) is 0 Å². The third-order valence-electron chi connectivity index (χ3n) is 3.72. The van der Waals surface area contributed by atoms with E-state index in [0.717, 1.165) is 33.9 Å². The zero-order valence-electron chi connectivity index (χ0n) is 10.1. The fraction of sp³-hybridized carbons (Fsp3) is 0.429. The molecule has 1 aliphatic rings. The van der Waals surface area contributed by atoms with Crippen molar-refractivity contribution in [1.29, 1.82) is 0 Å². The maximum Gasteiger partial charge on any atom is 0.0963 e. The molecule has 0 bridgehead atoms. The molecule has 1 fully saturated rings. The largest absolute Gasteiger partial charge is 0.387 e. The lowest BCUT2D eigenvalue weighted by Crippen LogP contribution is -2.38. The molecule has 0 spiro atoms. The van der Waals surface area contributed by atoms with Gasteiger partial charge >= 0.3 is 0 Å². The minimum atomic E-state index is -0.437. The van der Waals surface area contributed by atoms with Crippen LogP contribution in [0.5, 0.6) is 0 Å². The topological polar surface area (TPSA) is 48.0 Å². The molecule has 2 atom stereocenters. The number of fused-ring (bicyclic) bond motifs is 1. The molecule has 1 aliphatic heterocycles. The average Bonchev–Trinajstić information content (AvgIpc) is 2.82. The molecule has 3 nitrogen and oxygen atoms in total. The van der Waals surface area contributed by atoms with Crippen LogP contribution in [0, 0.1) is 0 Å². The molecule has 0 radical (unpaired) electrons. The van der Waals surface area contributed by atoms with Crippen LogP contribution in [0.1, 0.15) is 30.9 Å². The number of rotatable bonds is 2. The Labute approximate surface area is 115 Å². The summed E-state index contributed by atoms with van der Waals surface area (Å²) in [5.74, 6) is 0. The van der Waals surface area contributed by atoms with Crippen LogP contribution in [0.25, 0.3) is 10.9 Å². The van der Waals surface area contributed by atoms with Gasteiger partial charge in [0.05, 0.1) is 6.10 Å². The monoisotopic (exact) mass is 308 g/mol. The number of hydrogen-bond donors (Lipinski definition) is 3. The second kappa shape index (κ2) is 5.03. The third-order valence-corrected chi connectivity index (χ3v) is 4.22. The van der Waals surface area contributed by atoms with Crippen molar-refractivity contribution in [3.05, 3.63) is 34.4 Å². The highest BCUT2D eigenvalue weighted by Crippen LogP contribution is 2.30. The summed E-state index contributed by atoms with van der Waals surface area (Å²) >= 11 is 3.49. The molecule has 2 heterocycles. The first kappa shape index (κ1) is 12.2. The van der Waals surface area contributed by atoms with Gasteiger partial charge in [0.25, 0.3) is 0 Å². The van der Waals surface area contributed by atoms with Gasteiger partial charge in [-0.2, -0.15) is 0 Å². The third kappa shape index (κ3) is 2.20. The van der Waals surface area contributed by atoms with Crippen molar-refractivity contribution in [2.24, 2.45) is 0 Å². The zero-order valence-corrected chi connectivity index (χ0v) is 11.7. The van der Waals surface area contributed by atoms with Crippen LogP contribution >= 0.6 is 15.9 Å². The lowest BCUT2D eigenvalue weighted by Gasteiger charge is -2.27. The van der Waals surface area contributed by atoms with Crippen LogP contribution in [0.2, 0.25) is 0 Å². The van der Waals surface area contributed by atoms with E-state index in [1.165, 1.54) is 12.8 Å². The van der Waals surface area contributed by atoms with Crippen molar-refractivity contribution in [3.8, 4) is 0 Å². The first-order chi connectivity index (χ1) is 8.75. The van der Waals surface area contributed by atoms with Gasteiger partial charge in [-0.1, -0.05) is 22.4 Å². The molecule has 3 N–H and O–H groups in total. The summed E-state index contributed by atoms with van der Waals surface area (Å²) in [5.41, 5.74) is 2.06. The number of H-pyrrole nitrogens is 1. The number of aliphatic hydroxyl groups excluding tert-OH is 1. The minimum absolute atomic E-state index is 0.178. The summed E-state index contributed by atoms with van der Waals surface area (Å²) < 4.78 is 1.04. The van der Waals surface area contributed by atoms with Gasteiger partial charge in [0.15, 0.2) is 0 Å². The molecule has 1 aromatic heterocycles. The Bertz CT molecular complexity index is 546. The van der Waals surface area contributed by atoms with E-state index >= 15 is 0 Å². The number of hydrogen-bond acceptors (Lipinski definition) is 2. The number of benzene rings is 1. The van der Waals surface area contributed by atoms with Crippen LogP contribution in [0.3, 0.4) is 0 Å². The highest BCUT2D eigenvalue weighted by Gasteiger charge is 2.24. The van der Waals surface area contributed by atoms with Gasteiger partial charge in [0.1, 0.15) is 0 Å². The maximum atomic E-state index is 10.5. The van der Waals surface area contributed by atoms with E-state index < -0.39 is 6.10 Å². The summed E-state index contributed by atoms with van der Waals surface area (Å²) in [4.78, 5) is 3.23. The van der Waals surface area contributed by atoms with E-state index in [1.54, 1.807) is 0 Å². The van der Waals surface area contributed by atoms with Crippen LogP contribution in [-0.2, 0) is 0 Å². The van der Waals surface area contributed by atoms with Crippen molar-refractivity contribution >= 4 is 26.8 Å². The molecule has 3 rings (SSSR count). The number of aliphatic hydroxyl groups is 1. The van der Waals surface area contributed by atoms with E-state index in [4.69, 9.17) is 0 Å². The number of piperidine rings is 1. The second-order valence-corrected chi connectivity index (χ2v) is 5.85. The van der Waals surface area contributed by atoms with E-state index in [-0.39, 0.29) is 6.04 Å². The Morgan fingerprint density at radius 1 is 1.33 bits per heavy atom. The lowest BCUT2D eigenvalue weighted by molar-refractivity contribution is 0.115. The molecule has 0 aliphatic carbocycles. The molecule has 18 heavy (non-hydrogen) atoms. The number of aromatic amines is 1. The Kier molecular flexibility index (Phi) is 3.41. The smallest absolute Gasteiger partial charge is 0.0963 e. The van der Waals surface area contributed by atoms with Crippen molar-refractivity contribution in [2.45, 2.75) is 31.4 Å². The molecule has 1 aromatic carbocycles. The molecule has 2 unspecified atom stereocenters. The molecule has 0 saturated carbocycles. The van der Waals surface area contributed by atoms with Gasteiger partial charge in [-0.15, -0.1) is 0 Å². The summed E-state index contributed by atoms with van der Waals surface area (Å²) in [7, 11) is 0. The summed E-state index contributed by atoms with van der Waals surface area (Å²) in [6.07, 6.45) is 4.94. The van der Waals surface area contributed by atoms with E-state index in [0.29, 0.717) is 0 Å². The van der Waals surface area contributed by atoms with Gasteiger partial charge in [0, 0.05) is 33.2 Å². The SMILES string of the molecule is OC(c1c[nH]c2ccc(Br)cc12)C1CCCCN1. The van der Waals surface area contributed by atoms with Crippen molar-refractivity contribution in [3.63, 3.8) is 0 Å². The number of aromatic nitrogens is 1. The van der Waals surface area contributed by atoms with Crippen LogP contribution < -0.4 is 5.32 Å². The molecule has 2 aromatic rings. The normalized spacial score (nSPS) is 22.2. The number of nitrogens with one attached hydrogen (secondary N) is 2.